The molecule has 2 rings (SSSR count). The smallest absolute Gasteiger partial charge is 0.230 e. The number of ether oxygens (including phenoxy) is 1. The van der Waals surface area contributed by atoms with Crippen LogP contribution in [0.5, 0.6) is 0 Å². The van der Waals surface area contributed by atoms with E-state index in [1.165, 1.54) is 12.8 Å². The highest BCUT2D eigenvalue weighted by molar-refractivity contribution is 7.99. The Morgan fingerprint density at radius 3 is 3.00 bits per heavy atom. The third kappa shape index (κ3) is 5.16. The molecular formula is C13H24N2O2S. The first-order valence-corrected chi connectivity index (χ1v) is 8.19. The molecule has 0 bridgehead atoms. The van der Waals surface area contributed by atoms with Crippen LogP contribution in [-0.4, -0.2) is 49.3 Å². The van der Waals surface area contributed by atoms with Crippen LogP contribution in [0.2, 0.25) is 0 Å². The summed E-state index contributed by atoms with van der Waals surface area (Å²) in [6, 6.07) is 0.331. The molecule has 2 saturated heterocycles. The number of hydrogen-bond acceptors (Lipinski definition) is 4. The van der Waals surface area contributed by atoms with Gasteiger partial charge in [0.2, 0.25) is 5.91 Å². The second kappa shape index (κ2) is 8.02. The second-order valence-corrected chi connectivity index (χ2v) is 6.14. The molecule has 2 N–H and O–H groups in total. The van der Waals surface area contributed by atoms with Crippen molar-refractivity contribution in [3.63, 3.8) is 0 Å². The van der Waals surface area contributed by atoms with Crippen molar-refractivity contribution in [2.45, 2.75) is 44.2 Å². The molecular weight excluding hydrogens is 248 g/mol. The lowest BCUT2D eigenvalue weighted by Gasteiger charge is -2.24. The minimum absolute atomic E-state index is 0.171. The van der Waals surface area contributed by atoms with E-state index in [1.807, 2.05) is 0 Å². The van der Waals surface area contributed by atoms with Crippen molar-refractivity contribution in [1.29, 1.82) is 0 Å². The highest BCUT2D eigenvalue weighted by Crippen LogP contribution is 2.17. The highest BCUT2D eigenvalue weighted by atomic mass is 32.2. The van der Waals surface area contributed by atoms with Crippen LogP contribution in [0, 0.1) is 0 Å². The van der Waals surface area contributed by atoms with Crippen molar-refractivity contribution in [1.82, 2.24) is 10.6 Å². The summed E-state index contributed by atoms with van der Waals surface area (Å²) in [6.45, 7) is 2.90. The Hall–Kier alpha value is -0.260. The molecule has 2 atom stereocenters. The fourth-order valence-corrected chi connectivity index (χ4v) is 3.38. The summed E-state index contributed by atoms with van der Waals surface area (Å²) >= 11 is 1.70. The number of nitrogens with one attached hydrogen (secondary N) is 2. The predicted molar refractivity (Wildman–Crippen MR) is 75.0 cm³/mol. The van der Waals surface area contributed by atoms with Crippen LogP contribution in [-0.2, 0) is 9.53 Å². The lowest BCUT2D eigenvalue weighted by molar-refractivity contribution is -0.119. The molecule has 2 unspecified atom stereocenters. The molecule has 1 amide bonds. The SMILES string of the molecule is O=C(CSCC1CCCCO1)NC1CCCNC1. The molecule has 0 radical (unpaired) electrons. The molecule has 5 heteroatoms. The quantitative estimate of drug-likeness (QED) is 0.788. The van der Waals surface area contributed by atoms with Crippen LogP contribution in [0.3, 0.4) is 0 Å². The molecule has 2 aliphatic heterocycles. The van der Waals surface area contributed by atoms with E-state index in [2.05, 4.69) is 10.6 Å². The van der Waals surface area contributed by atoms with Gasteiger partial charge in [0.05, 0.1) is 11.9 Å². The van der Waals surface area contributed by atoms with E-state index in [4.69, 9.17) is 4.74 Å². The van der Waals surface area contributed by atoms with Gasteiger partial charge in [0.15, 0.2) is 0 Å². The van der Waals surface area contributed by atoms with Crippen molar-refractivity contribution in [2.75, 3.05) is 31.2 Å². The molecule has 18 heavy (non-hydrogen) atoms. The Morgan fingerprint density at radius 2 is 2.28 bits per heavy atom. The molecule has 2 heterocycles. The van der Waals surface area contributed by atoms with Crippen LogP contribution < -0.4 is 10.6 Å². The summed E-state index contributed by atoms with van der Waals surface area (Å²) in [6.07, 6.45) is 6.25. The molecule has 0 aliphatic carbocycles. The van der Waals surface area contributed by atoms with Gasteiger partial charge in [-0.05, 0) is 38.6 Å². The fourth-order valence-electron chi connectivity index (χ4n) is 2.47. The molecule has 0 saturated carbocycles. The zero-order chi connectivity index (χ0) is 12.6. The van der Waals surface area contributed by atoms with Gasteiger partial charge in [-0.25, -0.2) is 0 Å². The topological polar surface area (TPSA) is 50.4 Å². The van der Waals surface area contributed by atoms with Gasteiger partial charge in [-0.3, -0.25) is 4.79 Å². The minimum Gasteiger partial charge on any atom is -0.377 e. The predicted octanol–water partition coefficient (Wildman–Crippen LogP) is 1.16. The van der Waals surface area contributed by atoms with Crippen LogP contribution in [0.25, 0.3) is 0 Å². The van der Waals surface area contributed by atoms with E-state index in [1.54, 1.807) is 11.8 Å². The molecule has 0 aromatic heterocycles. The van der Waals surface area contributed by atoms with Crippen molar-refractivity contribution >= 4 is 17.7 Å². The summed E-state index contributed by atoms with van der Waals surface area (Å²) in [5, 5.41) is 6.40. The summed E-state index contributed by atoms with van der Waals surface area (Å²) in [5.41, 5.74) is 0. The van der Waals surface area contributed by atoms with Gasteiger partial charge in [-0.15, -0.1) is 11.8 Å². The molecule has 2 aliphatic rings. The summed E-state index contributed by atoms with van der Waals surface area (Å²) in [5.74, 6) is 1.69. The summed E-state index contributed by atoms with van der Waals surface area (Å²) < 4.78 is 5.65. The van der Waals surface area contributed by atoms with Crippen LogP contribution in [0.4, 0.5) is 0 Å². The number of carbonyl (C=O) groups excluding carboxylic acids is 1. The highest BCUT2D eigenvalue weighted by Gasteiger charge is 2.17. The zero-order valence-corrected chi connectivity index (χ0v) is 11.8. The van der Waals surface area contributed by atoms with Crippen molar-refractivity contribution in [3.8, 4) is 0 Å². The Balaban J connectivity index is 1.53. The monoisotopic (exact) mass is 272 g/mol. The van der Waals surface area contributed by atoms with Crippen molar-refractivity contribution in [2.24, 2.45) is 0 Å². The maximum atomic E-state index is 11.8. The standard InChI is InChI=1S/C13H24N2O2S/c16-13(15-11-4-3-6-14-8-11)10-18-9-12-5-1-2-7-17-12/h11-12,14H,1-10H2,(H,15,16). The van der Waals surface area contributed by atoms with E-state index < -0.39 is 0 Å². The third-order valence-electron chi connectivity index (χ3n) is 3.47. The molecule has 0 aromatic rings. The fraction of sp³-hybridized carbons (Fsp3) is 0.923. The van der Waals surface area contributed by atoms with E-state index in [0.717, 1.165) is 44.7 Å². The molecule has 0 spiro atoms. The van der Waals surface area contributed by atoms with Gasteiger partial charge in [0, 0.05) is 24.9 Å². The maximum Gasteiger partial charge on any atom is 0.230 e. The number of carbonyl (C=O) groups is 1. The molecule has 2 fully saturated rings. The Kier molecular flexibility index (Phi) is 6.31. The lowest BCUT2D eigenvalue weighted by atomic mass is 10.1. The Morgan fingerprint density at radius 1 is 1.33 bits per heavy atom. The van der Waals surface area contributed by atoms with Gasteiger partial charge in [-0.1, -0.05) is 0 Å². The summed E-state index contributed by atoms with van der Waals surface area (Å²) in [7, 11) is 0. The Bertz CT molecular complexity index is 251. The van der Waals surface area contributed by atoms with Crippen molar-refractivity contribution in [3.05, 3.63) is 0 Å². The average molecular weight is 272 g/mol. The average Bonchev–Trinajstić information content (AvgIpc) is 2.41. The van der Waals surface area contributed by atoms with Gasteiger partial charge in [0.25, 0.3) is 0 Å². The van der Waals surface area contributed by atoms with E-state index in [-0.39, 0.29) is 5.91 Å². The van der Waals surface area contributed by atoms with Crippen molar-refractivity contribution < 1.29 is 9.53 Å². The van der Waals surface area contributed by atoms with Gasteiger partial charge in [0.1, 0.15) is 0 Å². The first-order chi connectivity index (χ1) is 8.84. The normalized spacial score (nSPS) is 28.9. The molecule has 104 valence electrons. The maximum absolute atomic E-state index is 11.8. The zero-order valence-electron chi connectivity index (χ0n) is 11.0. The lowest BCUT2D eigenvalue weighted by Crippen LogP contribution is -2.46. The number of rotatable bonds is 5. The van der Waals surface area contributed by atoms with E-state index >= 15 is 0 Å². The van der Waals surface area contributed by atoms with Crippen LogP contribution >= 0.6 is 11.8 Å². The third-order valence-corrected chi connectivity index (χ3v) is 4.55. The second-order valence-electron chi connectivity index (χ2n) is 5.11. The van der Waals surface area contributed by atoms with Crippen LogP contribution in [0.1, 0.15) is 32.1 Å². The number of amides is 1. The first-order valence-electron chi connectivity index (χ1n) is 7.04. The van der Waals surface area contributed by atoms with Crippen LogP contribution in [0.15, 0.2) is 0 Å². The first kappa shape index (κ1) is 14.2. The van der Waals surface area contributed by atoms with E-state index in [0.29, 0.717) is 17.9 Å². The number of hydrogen-bond donors (Lipinski definition) is 2. The van der Waals surface area contributed by atoms with E-state index in [9.17, 15) is 4.79 Å². The Labute approximate surface area is 114 Å². The largest absolute Gasteiger partial charge is 0.377 e. The van der Waals surface area contributed by atoms with Gasteiger partial charge >= 0.3 is 0 Å². The minimum atomic E-state index is 0.171. The summed E-state index contributed by atoms with van der Waals surface area (Å²) in [4.78, 5) is 11.8. The molecule has 0 aromatic carbocycles. The van der Waals surface area contributed by atoms with Gasteiger partial charge in [-0.2, -0.15) is 0 Å². The van der Waals surface area contributed by atoms with Gasteiger partial charge < -0.3 is 15.4 Å². The number of piperidine rings is 1. The number of thioether (sulfide) groups is 1. The molecule has 4 nitrogen and oxygen atoms in total.